The van der Waals surface area contributed by atoms with Gasteiger partial charge in [0.1, 0.15) is 5.65 Å². The first kappa shape index (κ1) is 18.2. The third-order valence-corrected chi connectivity index (χ3v) is 5.64. The van der Waals surface area contributed by atoms with Crippen LogP contribution in [0, 0.1) is 5.92 Å². The highest BCUT2D eigenvalue weighted by Crippen LogP contribution is 2.41. The molecule has 0 spiro atoms. The summed E-state index contributed by atoms with van der Waals surface area (Å²) in [6.07, 6.45) is 9.81. The number of anilines is 1. The molecule has 6 heteroatoms. The molecule has 3 heterocycles. The van der Waals surface area contributed by atoms with E-state index in [-0.39, 0.29) is 13.0 Å². The van der Waals surface area contributed by atoms with Crippen molar-refractivity contribution in [1.82, 2.24) is 9.97 Å². The van der Waals surface area contributed by atoms with Crippen molar-refractivity contribution in [2.45, 2.75) is 44.6 Å². The number of fused-ring (bicyclic) bond motifs is 3. The Hall–Kier alpha value is -2.21. The van der Waals surface area contributed by atoms with E-state index >= 15 is 0 Å². The molecule has 4 rings (SSSR count). The Morgan fingerprint density at radius 3 is 2.89 bits per heavy atom. The number of hydrogen-bond acceptors (Lipinski definition) is 3. The predicted octanol–water partition coefficient (Wildman–Crippen LogP) is 5.14. The summed E-state index contributed by atoms with van der Waals surface area (Å²) in [5.41, 5.74) is 4.15. The SMILES string of the molecule is C=C1C=CN(C2CCC(COCCC(F)F)CC2)c2c1cnc1[nH]ccc21. The zero-order valence-corrected chi connectivity index (χ0v) is 15.3. The minimum Gasteiger partial charge on any atom is -0.381 e. The van der Waals surface area contributed by atoms with Crippen LogP contribution in [0.5, 0.6) is 0 Å². The van der Waals surface area contributed by atoms with Gasteiger partial charge in [-0.1, -0.05) is 6.58 Å². The van der Waals surface area contributed by atoms with Crippen molar-refractivity contribution in [1.29, 1.82) is 0 Å². The summed E-state index contributed by atoms with van der Waals surface area (Å²) in [6.45, 7) is 4.90. The number of nitrogens with zero attached hydrogens (tertiary/aromatic N) is 2. The summed E-state index contributed by atoms with van der Waals surface area (Å²) in [5.74, 6) is 0.465. The van der Waals surface area contributed by atoms with Crippen molar-refractivity contribution in [3.63, 3.8) is 0 Å². The van der Waals surface area contributed by atoms with E-state index in [1.165, 1.54) is 5.69 Å². The third kappa shape index (κ3) is 3.76. The molecule has 144 valence electrons. The number of aromatic nitrogens is 2. The van der Waals surface area contributed by atoms with Crippen LogP contribution in [0.4, 0.5) is 14.5 Å². The van der Waals surface area contributed by atoms with E-state index in [4.69, 9.17) is 4.74 Å². The molecule has 2 aromatic heterocycles. The molecule has 0 atom stereocenters. The maximum Gasteiger partial charge on any atom is 0.240 e. The third-order valence-electron chi connectivity index (χ3n) is 5.64. The molecular formula is C21H25F2N3O. The van der Waals surface area contributed by atoms with Gasteiger partial charge in [-0.25, -0.2) is 13.8 Å². The van der Waals surface area contributed by atoms with Gasteiger partial charge in [0, 0.05) is 48.6 Å². The highest BCUT2D eigenvalue weighted by molar-refractivity contribution is 6.00. The van der Waals surface area contributed by atoms with Crippen LogP contribution in [-0.2, 0) is 4.74 Å². The molecule has 2 aliphatic rings. The van der Waals surface area contributed by atoms with Crippen LogP contribution < -0.4 is 4.90 Å². The van der Waals surface area contributed by atoms with Gasteiger partial charge < -0.3 is 14.6 Å². The fourth-order valence-electron chi connectivity index (χ4n) is 4.16. The summed E-state index contributed by atoms with van der Waals surface area (Å²) in [5, 5.41) is 1.12. The van der Waals surface area contributed by atoms with Crippen molar-refractivity contribution in [2.75, 3.05) is 18.1 Å². The van der Waals surface area contributed by atoms with Crippen LogP contribution in [0.3, 0.4) is 0 Å². The molecule has 1 aliphatic carbocycles. The van der Waals surface area contributed by atoms with E-state index in [1.54, 1.807) is 0 Å². The largest absolute Gasteiger partial charge is 0.381 e. The van der Waals surface area contributed by atoms with E-state index in [0.717, 1.165) is 47.9 Å². The molecule has 0 bridgehead atoms. The molecule has 0 aromatic carbocycles. The molecule has 0 saturated heterocycles. The molecule has 1 N–H and O–H groups in total. The van der Waals surface area contributed by atoms with Gasteiger partial charge in [-0.3, -0.25) is 0 Å². The van der Waals surface area contributed by atoms with Crippen LogP contribution in [0.1, 0.15) is 37.7 Å². The first-order valence-corrected chi connectivity index (χ1v) is 9.61. The second-order valence-electron chi connectivity index (χ2n) is 7.44. The maximum absolute atomic E-state index is 12.2. The zero-order valence-electron chi connectivity index (χ0n) is 15.3. The maximum atomic E-state index is 12.2. The predicted molar refractivity (Wildman–Crippen MR) is 104 cm³/mol. The Morgan fingerprint density at radius 1 is 1.30 bits per heavy atom. The standard InChI is InChI=1S/C21H25F2N3O/c1-14-7-10-26(20-17-6-9-24-21(17)25-12-18(14)20)16-4-2-15(3-5-16)13-27-11-8-19(22)23/h6-7,9-10,12,15-16,19H,1-5,8,11,13H2,(H,24,25). The first-order chi connectivity index (χ1) is 13.1. The number of allylic oxidation sites excluding steroid dienone is 2. The number of pyridine rings is 1. The fraction of sp³-hybridized carbons (Fsp3) is 0.476. The Morgan fingerprint density at radius 2 is 2.11 bits per heavy atom. The van der Waals surface area contributed by atoms with Gasteiger partial charge in [0.15, 0.2) is 0 Å². The molecule has 2 aromatic rings. The Kier molecular flexibility index (Phi) is 5.25. The Bertz CT molecular complexity index is 837. The van der Waals surface area contributed by atoms with Crippen LogP contribution >= 0.6 is 0 Å². The highest BCUT2D eigenvalue weighted by atomic mass is 19.3. The van der Waals surface area contributed by atoms with E-state index < -0.39 is 6.43 Å². The Balaban J connectivity index is 1.43. The molecule has 27 heavy (non-hydrogen) atoms. The molecule has 0 amide bonds. The quantitative estimate of drug-likeness (QED) is 0.713. The lowest BCUT2D eigenvalue weighted by Gasteiger charge is -2.39. The first-order valence-electron chi connectivity index (χ1n) is 9.61. The molecule has 4 nitrogen and oxygen atoms in total. The number of halogens is 2. The van der Waals surface area contributed by atoms with E-state index in [2.05, 4.69) is 39.8 Å². The lowest BCUT2D eigenvalue weighted by molar-refractivity contribution is 0.0432. The van der Waals surface area contributed by atoms with E-state index in [1.807, 2.05) is 12.4 Å². The van der Waals surface area contributed by atoms with Gasteiger partial charge >= 0.3 is 0 Å². The lowest BCUT2D eigenvalue weighted by atomic mass is 9.85. The number of aromatic amines is 1. The summed E-state index contributed by atoms with van der Waals surface area (Å²) in [7, 11) is 0. The van der Waals surface area contributed by atoms with Gasteiger partial charge in [0.25, 0.3) is 0 Å². The van der Waals surface area contributed by atoms with Crippen LogP contribution in [0.15, 0.2) is 37.3 Å². The van der Waals surface area contributed by atoms with Crippen molar-refractivity contribution in [2.24, 2.45) is 5.92 Å². The minimum atomic E-state index is -2.28. The summed E-state index contributed by atoms with van der Waals surface area (Å²) in [6, 6.07) is 2.49. The normalized spacial score (nSPS) is 22.6. The summed E-state index contributed by atoms with van der Waals surface area (Å²) < 4.78 is 29.8. The van der Waals surface area contributed by atoms with Crippen LogP contribution in [0.2, 0.25) is 0 Å². The molecule has 1 saturated carbocycles. The van der Waals surface area contributed by atoms with E-state index in [9.17, 15) is 8.78 Å². The van der Waals surface area contributed by atoms with Crippen molar-refractivity contribution < 1.29 is 13.5 Å². The molecule has 1 aliphatic heterocycles. The van der Waals surface area contributed by atoms with Crippen LogP contribution in [-0.4, -0.2) is 35.6 Å². The van der Waals surface area contributed by atoms with Crippen molar-refractivity contribution in [3.05, 3.63) is 42.9 Å². The Labute approximate surface area is 157 Å². The van der Waals surface area contributed by atoms with Gasteiger partial charge in [-0.15, -0.1) is 0 Å². The second kappa shape index (κ2) is 7.80. The van der Waals surface area contributed by atoms with Gasteiger partial charge in [0.2, 0.25) is 6.43 Å². The summed E-state index contributed by atoms with van der Waals surface area (Å²) in [4.78, 5) is 10.1. The van der Waals surface area contributed by atoms with Gasteiger partial charge in [0.05, 0.1) is 12.3 Å². The number of H-pyrrole nitrogens is 1. The summed E-state index contributed by atoms with van der Waals surface area (Å²) >= 11 is 0. The van der Waals surface area contributed by atoms with Gasteiger partial charge in [-0.05, 0) is 49.3 Å². The molecular weight excluding hydrogens is 348 g/mol. The van der Waals surface area contributed by atoms with E-state index in [0.29, 0.717) is 18.6 Å². The number of nitrogens with one attached hydrogen (secondary N) is 1. The topological polar surface area (TPSA) is 41.1 Å². The number of alkyl halides is 2. The fourth-order valence-corrected chi connectivity index (χ4v) is 4.16. The minimum absolute atomic E-state index is 0.153. The number of hydrogen-bond donors (Lipinski definition) is 1. The van der Waals surface area contributed by atoms with Crippen LogP contribution in [0.25, 0.3) is 16.6 Å². The number of rotatable bonds is 6. The molecule has 1 fully saturated rings. The number of ether oxygens (including phenoxy) is 1. The molecule has 0 unspecified atom stereocenters. The average molecular weight is 373 g/mol. The van der Waals surface area contributed by atoms with Gasteiger partial charge in [-0.2, -0.15) is 0 Å². The average Bonchev–Trinajstić information content (AvgIpc) is 3.15. The monoisotopic (exact) mass is 373 g/mol. The lowest BCUT2D eigenvalue weighted by Crippen LogP contribution is -2.36. The second-order valence-corrected chi connectivity index (χ2v) is 7.44. The van der Waals surface area contributed by atoms with Crippen molar-refractivity contribution >= 4 is 22.3 Å². The molecule has 0 radical (unpaired) electrons. The van der Waals surface area contributed by atoms with Crippen molar-refractivity contribution in [3.8, 4) is 0 Å². The smallest absolute Gasteiger partial charge is 0.240 e. The zero-order chi connectivity index (χ0) is 18.8. The highest BCUT2D eigenvalue weighted by Gasteiger charge is 2.29.